The number of carbonyl (C=O) groups excluding carboxylic acids is 1. The maximum absolute atomic E-state index is 11.7. The summed E-state index contributed by atoms with van der Waals surface area (Å²) in [6.07, 6.45) is 4.46. The molecule has 1 aliphatic heterocycles. The van der Waals surface area contributed by atoms with Gasteiger partial charge in [0.15, 0.2) is 11.5 Å². The number of hydrogen-bond donors (Lipinski definition) is 2. The first-order valence-corrected chi connectivity index (χ1v) is 9.48. The standard InChI is InChI=1S/C20H30N2O5/c1-25-15-10-13(11-16(26-2)19(15)27-3)18-14-6-4-5-7-20(14,24)8-9-22(18)12-17(21)23/h10-11,14,18,24H,4-9,12H2,1-3H3,(H2,21,23)/t14?,18-,20?/m0/s1. The largest absolute Gasteiger partial charge is 0.493 e. The molecule has 7 heteroatoms. The van der Waals surface area contributed by atoms with E-state index < -0.39 is 5.60 Å². The molecule has 1 aliphatic carbocycles. The molecule has 1 heterocycles. The van der Waals surface area contributed by atoms with E-state index in [4.69, 9.17) is 19.9 Å². The van der Waals surface area contributed by atoms with Gasteiger partial charge in [-0.2, -0.15) is 0 Å². The lowest BCUT2D eigenvalue weighted by atomic mass is 9.66. The number of ether oxygens (including phenoxy) is 3. The molecule has 1 amide bonds. The minimum atomic E-state index is -0.711. The van der Waals surface area contributed by atoms with Crippen LogP contribution in [0.5, 0.6) is 17.2 Å². The van der Waals surface area contributed by atoms with Gasteiger partial charge in [-0.3, -0.25) is 9.69 Å². The maximum Gasteiger partial charge on any atom is 0.231 e. The third kappa shape index (κ3) is 3.71. The monoisotopic (exact) mass is 378 g/mol. The van der Waals surface area contributed by atoms with Crippen LogP contribution in [0, 0.1) is 5.92 Å². The minimum Gasteiger partial charge on any atom is -0.493 e. The highest BCUT2D eigenvalue weighted by molar-refractivity contribution is 5.76. The Kier molecular flexibility index (Phi) is 5.81. The first-order chi connectivity index (χ1) is 12.9. The van der Waals surface area contributed by atoms with Gasteiger partial charge in [0, 0.05) is 18.5 Å². The Labute approximate surface area is 160 Å². The molecule has 7 nitrogen and oxygen atoms in total. The number of piperidine rings is 1. The molecule has 2 unspecified atom stereocenters. The van der Waals surface area contributed by atoms with Crippen LogP contribution in [0.1, 0.15) is 43.7 Å². The van der Waals surface area contributed by atoms with Crippen molar-refractivity contribution in [3.05, 3.63) is 17.7 Å². The number of nitrogens with two attached hydrogens (primary N) is 1. The fourth-order valence-corrected chi connectivity index (χ4v) is 4.84. The number of benzene rings is 1. The average molecular weight is 378 g/mol. The van der Waals surface area contributed by atoms with Crippen molar-refractivity contribution in [1.29, 1.82) is 0 Å². The highest BCUT2D eigenvalue weighted by atomic mass is 16.5. The number of methoxy groups -OCH3 is 3. The summed E-state index contributed by atoms with van der Waals surface area (Å²) in [5, 5.41) is 11.3. The molecule has 3 N–H and O–H groups in total. The number of hydrogen-bond acceptors (Lipinski definition) is 6. The van der Waals surface area contributed by atoms with Gasteiger partial charge in [-0.05, 0) is 37.0 Å². The van der Waals surface area contributed by atoms with E-state index in [1.54, 1.807) is 21.3 Å². The highest BCUT2D eigenvalue weighted by Gasteiger charge is 2.49. The number of amides is 1. The second-order valence-electron chi connectivity index (χ2n) is 7.55. The van der Waals surface area contributed by atoms with Crippen molar-refractivity contribution in [2.75, 3.05) is 34.4 Å². The zero-order valence-electron chi connectivity index (χ0n) is 16.4. The van der Waals surface area contributed by atoms with E-state index in [1.165, 1.54) is 0 Å². The third-order valence-corrected chi connectivity index (χ3v) is 6.06. The molecule has 150 valence electrons. The first kappa shape index (κ1) is 19.8. The van der Waals surface area contributed by atoms with Crippen LogP contribution in [-0.4, -0.2) is 55.9 Å². The van der Waals surface area contributed by atoms with Crippen molar-refractivity contribution >= 4 is 5.91 Å². The van der Waals surface area contributed by atoms with Crippen LogP contribution in [-0.2, 0) is 4.79 Å². The summed E-state index contributed by atoms with van der Waals surface area (Å²) in [6, 6.07) is 3.70. The molecule has 3 rings (SSSR count). The molecule has 1 saturated carbocycles. The molecule has 0 radical (unpaired) electrons. The summed E-state index contributed by atoms with van der Waals surface area (Å²) >= 11 is 0. The Morgan fingerprint density at radius 3 is 2.41 bits per heavy atom. The predicted molar refractivity (Wildman–Crippen MR) is 101 cm³/mol. The van der Waals surface area contributed by atoms with E-state index in [1.807, 2.05) is 12.1 Å². The van der Waals surface area contributed by atoms with E-state index in [-0.39, 0.29) is 24.4 Å². The number of rotatable bonds is 6. The molecule has 27 heavy (non-hydrogen) atoms. The number of aliphatic hydroxyl groups is 1. The third-order valence-electron chi connectivity index (χ3n) is 6.06. The Bertz CT molecular complexity index is 670. The average Bonchev–Trinajstić information content (AvgIpc) is 2.66. The van der Waals surface area contributed by atoms with Gasteiger partial charge in [-0.15, -0.1) is 0 Å². The molecule has 1 aromatic rings. The number of primary amides is 1. The molecular weight excluding hydrogens is 348 g/mol. The van der Waals surface area contributed by atoms with E-state index >= 15 is 0 Å². The molecule has 0 spiro atoms. The Hall–Kier alpha value is -1.99. The highest BCUT2D eigenvalue weighted by Crippen LogP contribution is 2.51. The van der Waals surface area contributed by atoms with Crippen LogP contribution < -0.4 is 19.9 Å². The zero-order chi connectivity index (χ0) is 19.6. The molecular formula is C20H30N2O5. The second-order valence-corrected chi connectivity index (χ2v) is 7.55. The van der Waals surface area contributed by atoms with Crippen molar-refractivity contribution < 1.29 is 24.1 Å². The summed E-state index contributed by atoms with van der Waals surface area (Å²) in [5.74, 6) is 1.32. The molecule has 2 aliphatic rings. The molecule has 1 saturated heterocycles. The van der Waals surface area contributed by atoms with Crippen LogP contribution in [0.15, 0.2) is 12.1 Å². The molecule has 0 bridgehead atoms. The summed E-state index contributed by atoms with van der Waals surface area (Å²) in [6.45, 7) is 0.783. The molecule has 0 aromatic heterocycles. The maximum atomic E-state index is 11.7. The Morgan fingerprint density at radius 2 is 1.85 bits per heavy atom. The van der Waals surface area contributed by atoms with Gasteiger partial charge in [-0.25, -0.2) is 0 Å². The lowest BCUT2D eigenvalue weighted by molar-refractivity contribution is -0.136. The SMILES string of the molecule is COc1cc([C@H]2C3CCCCC3(O)CCN2CC(N)=O)cc(OC)c1OC. The first-order valence-electron chi connectivity index (χ1n) is 9.48. The Balaban J connectivity index is 2.09. The van der Waals surface area contributed by atoms with Crippen molar-refractivity contribution in [2.45, 2.75) is 43.7 Å². The van der Waals surface area contributed by atoms with Crippen molar-refractivity contribution in [2.24, 2.45) is 11.7 Å². The topological polar surface area (TPSA) is 94.2 Å². The second kappa shape index (κ2) is 7.94. The van der Waals surface area contributed by atoms with Crippen molar-refractivity contribution in [3.63, 3.8) is 0 Å². The van der Waals surface area contributed by atoms with Gasteiger partial charge in [-0.1, -0.05) is 12.8 Å². The van der Waals surface area contributed by atoms with Gasteiger partial charge >= 0.3 is 0 Å². The van der Waals surface area contributed by atoms with Gasteiger partial charge in [0.1, 0.15) is 0 Å². The zero-order valence-corrected chi connectivity index (χ0v) is 16.4. The summed E-state index contributed by atoms with van der Waals surface area (Å²) < 4.78 is 16.5. The van der Waals surface area contributed by atoms with E-state index in [0.717, 1.165) is 31.2 Å². The fraction of sp³-hybridized carbons (Fsp3) is 0.650. The minimum absolute atomic E-state index is 0.0298. The number of likely N-dealkylation sites (tertiary alicyclic amines) is 1. The van der Waals surface area contributed by atoms with Gasteiger partial charge in [0.05, 0.1) is 33.5 Å². The molecule has 2 fully saturated rings. The smallest absolute Gasteiger partial charge is 0.231 e. The van der Waals surface area contributed by atoms with Gasteiger partial charge < -0.3 is 25.1 Å². The molecule has 1 aromatic carbocycles. The van der Waals surface area contributed by atoms with Gasteiger partial charge in [0.25, 0.3) is 0 Å². The van der Waals surface area contributed by atoms with Gasteiger partial charge in [0.2, 0.25) is 11.7 Å². The van der Waals surface area contributed by atoms with Crippen LogP contribution >= 0.6 is 0 Å². The molecule has 3 atom stereocenters. The van der Waals surface area contributed by atoms with Crippen LogP contribution in [0.4, 0.5) is 0 Å². The number of fused-ring (bicyclic) bond motifs is 1. The Morgan fingerprint density at radius 1 is 1.19 bits per heavy atom. The predicted octanol–water partition coefficient (Wildman–Crippen LogP) is 1.87. The fourth-order valence-electron chi connectivity index (χ4n) is 4.84. The summed E-state index contributed by atoms with van der Waals surface area (Å²) in [7, 11) is 4.74. The quantitative estimate of drug-likeness (QED) is 0.785. The lowest BCUT2D eigenvalue weighted by Crippen LogP contribution is -2.56. The summed E-state index contributed by atoms with van der Waals surface area (Å²) in [4.78, 5) is 13.8. The van der Waals surface area contributed by atoms with Crippen molar-refractivity contribution in [1.82, 2.24) is 4.90 Å². The van der Waals surface area contributed by atoms with Crippen LogP contribution in [0.25, 0.3) is 0 Å². The van der Waals surface area contributed by atoms with Crippen molar-refractivity contribution in [3.8, 4) is 17.2 Å². The number of carbonyl (C=O) groups is 1. The lowest BCUT2D eigenvalue weighted by Gasteiger charge is -2.52. The van der Waals surface area contributed by atoms with Crippen LogP contribution in [0.3, 0.4) is 0 Å². The number of nitrogens with zero attached hydrogens (tertiary/aromatic N) is 1. The van der Waals surface area contributed by atoms with E-state index in [2.05, 4.69) is 4.90 Å². The normalized spacial score (nSPS) is 28.3. The van der Waals surface area contributed by atoms with Crippen LogP contribution in [0.2, 0.25) is 0 Å². The van der Waals surface area contributed by atoms with E-state index in [0.29, 0.717) is 30.2 Å². The summed E-state index contributed by atoms with van der Waals surface area (Å²) in [5.41, 5.74) is 5.74. The van der Waals surface area contributed by atoms with E-state index in [9.17, 15) is 9.90 Å².